The molecule has 1 aromatic carbocycles. The number of rotatable bonds is 12. The van der Waals surface area contributed by atoms with Crippen LogP contribution in [0.25, 0.3) is 0 Å². The third-order valence-electron chi connectivity index (χ3n) is 4.36. The molecule has 0 aliphatic rings. The van der Waals surface area contributed by atoms with E-state index in [1.165, 1.54) is 16.7 Å². The van der Waals surface area contributed by atoms with Gasteiger partial charge in [-0.05, 0) is 29.8 Å². The maximum absolute atomic E-state index is 13.5. The van der Waals surface area contributed by atoms with Crippen LogP contribution in [0.15, 0.2) is 55.3 Å². The molecule has 0 fully saturated rings. The summed E-state index contributed by atoms with van der Waals surface area (Å²) in [5.74, 6) is 0.309. The Morgan fingerprint density at radius 3 is 2.78 bits per heavy atom. The summed E-state index contributed by atoms with van der Waals surface area (Å²) in [5.41, 5.74) is 2.12. The number of halogens is 1. The van der Waals surface area contributed by atoms with Gasteiger partial charge in [-0.15, -0.1) is 6.58 Å². The maximum Gasteiger partial charge on any atom is 0.126 e. The van der Waals surface area contributed by atoms with Crippen molar-refractivity contribution in [1.29, 1.82) is 0 Å². The predicted molar refractivity (Wildman–Crippen MR) is 106 cm³/mol. The number of ether oxygens (including phenoxy) is 1. The van der Waals surface area contributed by atoms with Crippen LogP contribution in [0.2, 0.25) is 0 Å². The van der Waals surface area contributed by atoms with Crippen molar-refractivity contribution in [2.75, 3.05) is 26.3 Å². The van der Waals surface area contributed by atoms with Crippen molar-refractivity contribution in [2.24, 2.45) is 5.92 Å². The van der Waals surface area contributed by atoms with Crippen molar-refractivity contribution >= 4 is 0 Å². The molecule has 0 spiro atoms. The zero-order valence-electron chi connectivity index (χ0n) is 16.4. The van der Waals surface area contributed by atoms with Gasteiger partial charge in [-0.25, -0.2) is 4.39 Å². The second kappa shape index (κ2) is 11.0. The third kappa shape index (κ3) is 7.67. The summed E-state index contributed by atoms with van der Waals surface area (Å²) in [6, 6.07) is 10.8. The SMILES string of the molecule is C=CCOC[C@H](O)C[NH+](Cc1cccn1Cc1cccc(F)c1)CC(C)C. The van der Waals surface area contributed by atoms with Gasteiger partial charge in [0.1, 0.15) is 25.0 Å². The van der Waals surface area contributed by atoms with E-state index >= 15 is 0 Å². The maximum atomic E-state index is 13.5. The normalized spacial score (nSPS) is 13.7. The molecule has 0 aliphatic carbocycles. The molecule has 1 aromatic heterocycles. The molecular formula is C22H32FN2O2+. The first-order chi connectivity index (χ1) is 13.0. The van der Waals surface area contributed by atoms with E-state index < -0.39 is 6.10 Å². The average Bonchev–Trinajstić information content (AvgIpc) is 3.01. The topological polar surface area (TPSA) is 38.8 Å². The van der Waals surface area contributed by atoms with Crippen molar-refractivity contribution in [3.05, 3.63) is 72.3 Å². The van der Waals surface area contributed by atoms with Crippen LogP contribution in [-0.2, 0) is 17.8 Å². The van der Waals surface area contributed by atoms with E-state index in [9.17, 15) is 9.50 Å². The lowest BCUT2D eigenvalue weighted by Gasteiger charge is -2.24. The predicted octanol–water partition coefficient (Wildman–Crippen LogP) is 2.28. The van der Waals surface area contributed by atoms with Gasteiger partial charge in [-0.2, -0.15) is 0 Å². The Hall–Kier alpha value is -1.95. The second-order valence-electron chi connectivity index (χ2n) is 7.47. The van der Waals surface area contributed by atoms with Gasteiger partial charge in [-0.3, -0.25) is 0 Å². The molecule has 5 heteroatoms. The minimum absolute atomic E-state index is 0.212. The lowest BCUT2D eigenvalue weighted by atomic mass is 10.2. The van der Waals surface area contributed by atoms with Crippen LogP contribution in [0.3, 0.4) is 0 Å². The van der Waals surface area contributed by atoms with E-state index in [1.54, 1.807) is 18.2 Å². The van der Waals surface area contributed by atoms with Gasteiger partial charge in [0, 0.05) is 18.7 Å². The van der Waals surface area contributed by atoms with E-state index in [2.05, 4.69) is 31.1 Å². The van der Waals surface area contributed by atoms with E-state index in [0.29, 0.717) is 32.2 Å². The van der Waals surface area contributed by atoms with Crippen LogP contribution in [0.4, 0.5) is 4.39 Å². The monoisotopic (exact) mass is 375 g/mol. The molecule has 0 radical (unpaired) electrons. The van der Waals surface area contributed by atoms with Gasteiger partial charge >= 0.3 is 0 Å². The molecule has 0 saturated carbocycles. The minimum Gasteiger partial charge on any atom is -0.385 e. The Morgan fingerprint density at radius 1 is 1.26 bits per heavy atom. The first-order valence-corrected chi connectivity index (χ1v) is 9.56. The smallest absolute Gasteiger partial charge is 0.126 e. The minimum atomic E-state index is -0.509. The quantitative estimate of drug-likeness (QED) is 0.441. The molecule has 0 aliphatic heterocycles. The molecule has 2 atom stereocenters. The number of quaternary nitrogens is 1. The summed E-state index contributed by atoms with van der Waals surface area (Å²) >= 11 is 0. The highest BCUT2D eigenvalue weighted by Crippen LogP contribution is 2.09. The summed E-state index contributed by atoms with van der Waals surface area (Å²) in [7, 11) is 0. The van der Waals surface area contributed by atoms with Gasteiger partial charge in [-0.1, -0.05) is 32.1 Å². The van der Waals surface area contributed by atoms with Crippen LogP contribution in [0, 0.1) is 11.7 Å². The molecule has 2 aromatic rings. The van der Waals surface area contributed by atoms with E-state index in [4.69, 9.17) is 4.74 Å². The first-order valence-electron chi connectivity index (χ1n) is 9.56. The lowest BCUT2D eigenvalue weighted by molar-refractivity contribution is -0.920. The van der Waals surface area contributed by atoms with E-state index in [-0.39, 0.29) is 5.82 Å². The summed E-state index contributed by atoms with van der Waals surface area (Å²) < 4.78 is 21.0. The van der Waals surface area contributed by atoms with Crippen molar-refractivity contribution in [2.45, 2.75) is 33.0 Å². The summed E-state index contributed by atoms with van der Waals surface area (Å²) in [6.07, 6.45) is 3.20. The number of nitrogens with one attached hydrogen (secondary N) is 1. The van der Waals surface area contributed by atoms with Crippen LogP contribution in [0.1, 0.15) is 25.1 Å². The van der Waals surface area contributed by atoms with Gasteiger partial charge in [0.05, 0.1) is 25.5 Å². The van der Waals surface area contributed by atoms with Crippen molar-refractivity contribution in [1.82, 2.24) is 4.57 Å². The third-order valence-corrected chi connectivity index (χ3v) is 4.36. The number of aliphatic hydroxyl groups excluding tert-OH is 1. The molecule has 0 amide bonds. The van der Waals surface area contributed by atoms with Crippen LogP contribution in [0.5, 0.6) is 0 Å². The zero-order valence-corrected chi connectivity index (χ0v) is 16.4. The number of hydrogen-bond acceptors (Lipinski definition) is 2. The van der Waals surface area contributed by atoms with E-state index in [0.717, 1.165) is 18.7 Å². The molecule has 4 nitrogen and oxygen atoms in total. The molecule has 2 N–H and O–H groups in total. The van der Waals surface area contributed by atoms with Crippen LogP contribution in [-0.4, -0.2) is 42.1 Å². The highest BCUT2D eigenvalue weighted by Gasteiger charge is 2.19. The van der Waals surface area contributed by atoms with Gasteiger partial charge in [0.2, 0.25) is 0 Å². The Morgan fingerprint density at radius 2 is 2.07 bits per heavy atom. The molecule has 0 bridgehead atoms. The lowest BCUT2D eigenvalue weighted by Crippen LogP contribution is -3.12. The van der Waals surface area contributed by atoms with Gasteiger partial charge in [0.25, 0.3) is 0 Å². The Bertz CT molecular complexity index is 699. The number of aliphatic hydroxyl groups is 1. The summed E-state index contributed by atoms with van der Waals surface area (Å²) in [4.78, 5) is 1.30. The van der Waals surface area contributed by atoms with Gasteiger partial charge in [0.15, 0.2) is 0 Å². The summed E-state index contributed by atoms with van der Waals surface area (Å²) in [6.45, 7) is 11.8. The molecular weight excluding hydrogens is 343 g/mol. The van der Waals surface area contributed by atoms with Crippen LogP contribution < -0.4 is 4.90 Å². The number of hydrogen-bond donors (Lipinski definition) is 2. The highest BCUT2D eigenvalue weighted by molar-refractivity contribution is 5.18. The fourth-order valence-electron chi connectivity index (χ4n) is 3.34. The average molecular weight is 376 g/mol. The highest BCUT2D eigenvalue weighted by atomic mass is 19.1. The van der Waals surface area contributed by atoms with Crippen LogP contribution >= 0.6 is 0 Å². The van der Waals surface area contributed by atoms with Crippen molar-refractivity contribution in [3.8, 4) is 0 Å². The van der Waals surface area contributed by atoms with E-state index in [1.807, 2.05) is 18.3 Å². The Labute approximate surface area is 161 Å². The first kappa shape index (κ1) is 21.4. The Kier molecular flexibility index (Phi) is 8.72. The number of aromatic nitrogens is 1. The number of nitrogens with zero attached hydrogens (tertiary/aromatic N) is 1. The molecule has 2 rings (SSSR count). The second-order valence-corrected chi connectivity index (χ2v) is 7.47. The number of benzene rings is 1. The molecule has 1 unspecified atom stereocenters. The molecule has 1 heterocycles. The fourth-order valence-corrected chi connectivity index (χ4v) is 3.34. The standard InChI is InChI=1S/C22H31FN2O2/c1-4-11-27-17-22(26)16-24(13-18(2)3)15-21-9-6-10-25(21)14-19-7-5-8-20(23)12-19/h4-10,12,18,22,26H,1,11,13-17H2,2-3H3/p+1/t22-/m1/s1. The summed E-state index contributed by atoms with van der Waals surface area (Å²) in [5, 5.41) is 10.3. The molecule has 27 heavy (non-hydrogen) atoms. The molecule has 0 saturated heterocycles. The molecule has 148 valence electrons. The van der Waals surface area contributed by atoms with Crippen molar-refractivity contribution < 1.29 is 19.1 Å². The van der Waals surface area contributed by atoms with Gasteiger partial charge < -0.3 is 19.3 Å². The zero-order chi connectivity index (χ0) is 19.6. The Balaban J connectivity index is 2.02. The fraction of sp³-hybridized carbons (Fsp3) is 0.455. The largest absolute Gasteiger partial charge is 0.385 e. The van der Waals surface area contributed by atoms with Crippen molar-refractivity contribution in [3.63, 3.8) is 0 Å².